The highest BCUT2D eigenvalue weighted by atomic mass is 32.2. The molecule has 0 aliphatic heterocycles. The zero-order chi connectivity index (χ0) is 23.6. The molecule has 0 aliphatic carbocycles. The minimum absolute atomic E-state index is 0.0673. The Balaban J connectivity index is 1.56. The number of rotatable bonds is 10. The molecule has 0 spiro atoms. The van der Waals surface area contributed by atoms with Crippen LogP contribution in [0.2, 0.25) is 0 Å². The number of nitrogens with zero attached hydrogens (tertiary/aromatic N) is 4. The summed E-state index contributed by atoms with van der Waals surface area (Å²) < 4.78 is 1.97. The molecule has 0 unspecified atom stereocenters. The molecule has 3 aromatic rings. The molecule has 0 bridgehead atoms. The summed E-state index contributed by atoms with van der Waals surface area (Å²) in [5.41, 5.74) is 3.10. The van der Waals surface area contributed by atoms with Gasteiger partial charge in [-0.25, -0.2) is 4.79 Å². The van der Waals surface area contributed by atoms with Crippen LogP contribution < -0.4 is 15.5 Å². The van der Waals surface area contributed by atoms with Crippen LogP contribution >= 0.6 is 11.8 Å². The topological polar surface area (TPSA) is 92.2 Å². The Morgan fingerprint density at radius 1 is 0.970 bits per heavy atom. The number of imide groups is 1. The molecule has 1 aromatic heterocycles. The van der Waals surface area contributed by atoms with Gasteiger partial charge in [-0.1, -0.05) is 42.1 Å². The molecule has 0 saturated heterocycles. The van der Waals surface area contributed by atoms with Gasteiger partial charge in [0, 0.05) is 37.4 Å². The normalized spacial score (nSPS) is 10.6. The van der Waals surface area contributed by atoms with Crippen molar-refractivity contribution < 1.29 is 9.59 Å². The first-order valence-electron chi connectivity index (χ1n) is 11.1. The van der Waals surface area contributed by atoms with Crippen molar-refractivity contribution in [2.75, 3.05) is 23.7 Å². The van der Waals surface area contributed by atoms with Gasteiger partial charge in [0.1, 0.15) is 0 Å². The Morgan fingerprint density at radius 3 is 2.30 bits per heavy atom. The minimum atomic E-state index is -0.518. The Hall–Kier alpha value is -3.33. The summed E-state index contributed by atoms with van der Waals surface area (Å²) >= 11 is 1.26. The van der Waals surface area contributed by atoms with E-state index in [1.165, 1.54) is 17.4 Å². The highest BCUT2D eigenvalue weighted by Gasteiger charge is 2.16. The van der Waals surface area contributed by atoms with Crippen molar-refractivity contribution in [3.63, 3.8) is 0 Å². The van der Waals surface area contributed by atoms with E-state index in [1.54, 1.807) is 0 Å². The van der Waals surface area contributed by atoms with Crippen LogP contribution in [-0.4, -0.2) is 45.5 Å². The molecule has 0 atom stereocenters. The van der Waals surface area contributed by atoms with Gasteiger partial charge in [0.15, 0.2) is 11.0 Å². The first-order chi connectivity index (χ1) is 16.0. The van der Waals surface area contributed by atoms with E-state index in [-0.39, 0.29) is 11.7 Å². The van der Waals surface area contributed by atoms with Crippen molar-refractivity contribution in [1.29, 1.82) is 0 Å². The fraction of sp³-hybridized carbons (Fsp3) is 0.333. The van der Waals surface area contributed by atoms with E-state index in [9.17, 15) is 9.59 Å². The van der Waals surface area contributed by atoms with Crippen LogP contribution in [0.1, 0.15) is 26.3 Å². The maximum Gasteiger partial charge on any atom is 0.321 e. The Morgan fingerprint density at radius 2 is 1.67 bits per heavy atom. The van der Waals surface area contributed by atoms with Gasteiger partial charge < -0.3 is 14.8 Å². The standard InChI is InChI=1S/C24H30N6O2S/c1-4-29(5-2)20-14-12-19(13-15-20)22-27-28-24(30(22)6-3)33-17-21(31)26-23(32)25-16-18-10-8-7-9-11-18/h7-15H,4-6,16-17H2,1-3H3,(H2,25,26,31,32). The van der Waals surface area contributed by atoms with Gasteiger partial charge in [0.2, 0.25) is 5.91 Å². The summed E-state index contributed by atoms with van der Waals surface area (Å²) in [5.74, 6) is 0.436. The number of hydrogen-bond acceptors (Lipinski definition) is 6. The van der Waals surface area contributed by atoms with Crippen molar-refractivity contribution >= 4 is 29.4 Å². The SMILES string of the molecule is CCN(CC)c1ccc(-c2nnc(SCC(=O)NC(=O)NCc3ccccc3)n2CC)cc1. The molecular formula is C24H30N6O2S. The predicted molar refractivity (Wildman–Crippen MR) is 132 cm³/mol. The number of thioether (sulfide) groups is 1. The predicted octanol–water partition coefficient (Wildman–Crippen LogP) is 3.93. The number of aromatic nitrogens is 3. The molecule has 3 rings (SSSR count). The summed E-state index contributed by atoms with van der Waals surface area (Å²) in [6.07, 6.45) is 0. The lowest BCUT2D eigenvalue weighted by Gasteiger charge is -2.21. The average molecular weight is 467 g/mol. The van der Waals surface area contributed by atoms with Crippen molar-refractivity contribution in [3.05, 3.63) is 60.2 Å². The number of anilines is 1. The number of carbonyl (C=O) groups excluding carboxylic acids is 2. The van der Waals surface area contributed by atoms with Crippen molar-refractivity contribution in [2.45, 2.75) is 39.0 Å². The van der Waals surface area contributed by atoms with E-state index in [1.807, 2.05) is 54.0 Å². The smallest absolute Gasteiger partial charge is 0.321 e. The van der Waals surface area contributed by atoms with Gasteiger partial charge in [-0.15, -0.1) is 10.2 Å². The molecule has 9 heteroatoms. The molecule has 2 aromatic carbocycles. The highest BCUT2D eigenvalue weighted by Crippen LogP contribution is 2.26. The van der Waals surface area contributed by atoms with Crippen LogP contribution in [0.3, 0.4) is 0 Å². The minimum Gasteiger partial charge on any atom is -0.372 e. The molecule has 2 N–H and O–H groups in total. The summed E-state index contributed by atoms with van der Waals surface area (Å²) in [4.78, 5) is 26.5. The number of urea groups is 1. The first kappa shape index (κ1) is 24.3. The second-order valence-corrected chi connectivity index (χ2v) is 8.22. The molecule has 8 nitrogen and oxygen atoms in total. The van der Waals surface area contributed by atoms with Crippen LogP contribution in [0.15, 0.2) is 59.8 Å². The maximum absolute atomic E-state index is 12.2. The van der Waals surface area contributed by atoms with Gasteiger partial charge in [-0.05, 0) is 50.6 Å². The zero-order valence-corrected chi connectivity index (χ0v) is 20.1. The first-order valence-corrected chi connectivity index (χ1v) is 12.1. The van der Waals surface area contributed by atoms with Gasteiger partial charge >= 0.3 is 6.03 Å². The number of amides is 3. The number of benzene rings is 2. The van der Waals surface area contributed by atoms with Gasteiger partial charge in [0.25, 0.3) is 0 Å². The summed E-state index contributed by atoms with van der Waals surface area (Å²) in [5, 5.41) is 14.3. The van der Waals surface area contributed by atoms with Crippen molar-refractivity contribution in [1.82, 2.24) is 25.4 Å². The lowest BCUT2D eigenvalue weighted by Crippen LogP contribution is -2.40. The second kappa shape index (κ2) is 12.1. The summed E-state index contributed by atoms with van der Waals surface area (Å²) in [7, 11) is 0. The Kier molecular flexibility index (Phi) is 8.88. The second-order valence-electron chi connectivity index (χ2n) is 7.27. The fourth-order valence-corrected chi connectivity index (χ4v) is 4.22. The fourth-order valence-electron chi connectivity index (χ4n) is 3.42. The molecule has 0 radical (unpaired) electrons. The molecule has 33 heavy (non-hydrogen) atoms. The van der Waals surface area contributed by atoms with E-state index >= 15 is 0 Å². The number of carbonyl (C=O) groups is 2. The molecular weight excluding hydrogens is 436 g/mol. The van der Waals surface area contributed by atoms with Crippen LogP contribution in [0.4, 0.5) is 10.5 Å². The molecule has 0 saturated carbocycles. The number of hydrogen-bond donors (Lipinski definition) is 2. The van der Waals surface area contributed by atoms with E-state index in [0.29, 0.717) is 18.2 Å². The Labute approximate surface area is 198 Å². The van der Waals surface area contributed by atoms with E-state index in [0.717, 1.165) is 30.0 Å². The van der Waals surface area contributed by atoms with E-state index < -0.39 is 6.03 Å². The van der Waals surface area contributed by atoms with Gasteiger partial charge in [-0.3, -0.25) is 10.1 Å². The zero-order valence-electron chi connectivity index (χ0n) is 19.2. The molecule has 174 valence electrons. The lowest BCUT2D eigenvalue weighted by atomic mass is 10.2. The largest absolute Gasteiger partial charge is 0.372 e. The average Bonchev–Trinajstić information content (AvgIpc) is 3.26. The van der Waals surface area contributed by atoms with Crippen molar-refractivity contribution in [2.24, 2.45) is 0 Å². The molecule has 3 amide bonds. The third-order valence-electron chi connectivity index (χ3n) is 5.17. The van der Waals surface area contributed by atoms with Gasteiger partial charge in [0.05, 0.1) is 5.75 Å². The lowest BCUT2D eigenvalue weighted by molar-refractivity contribution is -0.117. The summed E-state index contributed by atoms with van der Waals surface area (Å²) in [6.45, 7) is 9.21. The molecule has 0 fully saturated rings. The van der Waals surface area contributed by atoms with Crippen LogP contribution in [0.5, 0.6) is 0 Å². The van der Waals surface area contributed by atoms with E-state index in [2.05, 4.69) is 51.7 Å². The Bertz CT molecular complexity index is 1050. The molecule has 1 heterocycles. The maximum atomic E-state index is 12.2. The van der Waals surface area contributed by atoms with Crippen LogP contribution in [0.25, 0.3) is 11.4 Å². The monoisotopic (exact) mass is 466 g/mol. The van der Waals surface area contributed by atoms with Crippen LogP contribution in [0, 0.1) is 0 Å². The van der Waals surface area contributed by atoms with Crippen LogP contribution in [-0.2, 0) is 17.9 Å². The third kappa shape index (κ3) is 6.58. The molecule has 0 aliphatic rings. The van der Waals surface area contributed by atoms with E-state index in [4.69, 9.17) is 0 Å². The third-order valence-corrected chi connectivity index (χ3v) is 6.14. The highest BCUT2D eigenvalue weighted by molar-refractivity contribution is 7.99. The van der Waals surface area contributed by atoms with Crippen molar-refractivity contribution in [3.8, 4) is 11.4 Å². The summed E-state index contributed by atoms with van der Waals surface area (Å²) in [6, 6.07) is 17.3. The van der Waals surface area contributed by atoms with Gasteiger partial charge in [-0.2, -0.15) is 0 Å². The quantitative estimate of drug-likeness (QED) is 0.440. The number of nitrogens with one attached hydrogen (secondary N) is 2.